The van der Waals surface area contributed by atoms with Crippen LogP contribution in [0.5, 0.6) is 0 Å². The number of unbranched alkanes of at least 4 members (excludes halogenated alkanes) is 1. The van der Waals surface area contributed by atoms with Crippen LogP contribution in [0.2, 0.25) is 0 Å². The van der Waals surface area contributed by atoms with Gasteiger partial charge in [-0.15, -0.1) is 0 Å². The molecular weight excluding hydrogens is 214 g/mol. The maximum atomic E-state index is 10.5. The maximum absolute atomic E-state index is 10.5. The number of H-pyrrole nitrogens is 1. The van der Waals surface area contributed by atoms with Gasteiger partial charge in [0.15, 0.2) is 4.77 Å². The number of nitrogens with two attached hydrogens (primary N) is 1. The van der Waals surface area contributed by atoms with E-state index in [0.29, 0.717) is 17.7 Å². The zero-order chi connectivity index (χ0) is 11.3. The lowest BCUT2D eigenvalue weighted by molar-refractivity contribution is -0.118. The number of aliphatic hydroxyl groups is 1. The van der Waals surface area contributed by atoms with Crippen LogP contribution in [0.1, 0.15) is 25.0 Å². The van der Waals surface area contributed by atoms with Crippen LogP contribution in [0.4, 0.5) is 0 Å². The summed E-state index contributed by atoms with van der Waals surface area (Å²) in [6, 6.07) is 0. The monoisotopic (exact) mass is 229 g/mol. The van der Waals surface area contributed by atoms with Gasteiger partial charge >= 0.3 is 0 Å². The van der Waals surface area contributed by atoms with Crippen molar-refractivity contribution in [2.24, 2.45) is 5.73 Å². The topological polar surface area (TPSA) is 84.0 Å². The zero-order valence-corrected chi connectivity index (χ0v) is 9.22. The van der Waals surface area contributed by atoms with Crippen LogP contribution >= 0.6 is 12.2 Å². The minimum absolute atomic E-state index is 0.0387. The second-order valence-corrected chi connectivity index (χ2v) is 3.71. The third-order valence-corrected chi connectivity index (χ3v) is 2.51. The van der Waals surface area contributed by atoms with E-state index >= 15 is 0 Å². The Labute approximate surface area is 92.9 Å². The van der Waals surface area contributed by atoms with E-state index in [0.717, 1.165) is 18.5 Å². The van der Waals surface area contributed by atoms with Crippen molar-refractivity contribution in [2.45, 2.75) is 32.4 Å². The first-order valence-corrected chi connectivity index (χ1v) is 5.22. The average Bonchev–Trinajstić information content (AvgIpc) is 2.54. The van der Waals surface area contributed by atoms with Crippen molar-refractivity contribution in [2.75, 3.05) is 0 Å². The number of imidazole rings is 1. The average molecular weight is 229 g/mol. The first-order chi connectivity index (χ1) is 7.15. The Morgan fingerprint density at radius 1 is 1.60 bits per heavy atom. The van der Waals surface area contributed by atoms with Gasteiger partial charge in [0.05, 0.1) is 12.3 Å². The predicted octanol–water partition coefficient (Wildman–Crippen LogP) is 0.694. The molecule has 0 radical (unpaired) electrons. The van der Waals surface area contributed by atoms with Crippen LogP contribution < -0.4 is 5.73 Å². The molecule has 0 atom stereocenters. The van der Waals surface area contributed by atoms with Crippen LogP contribution in [0.15, 0.2) is 6.20 Å². The van der Waals surface area contributed by atoms with E-state index in [1.807, 2.05) is 4.57 Å². The number of carbonyl (C=O) groups excluding carboxylic acids is 1. The summed E-state index contributed by atoms with van der Waals surface area (Å²) in [4.78, 5) is 13.4. The van der Waals surface area contributed by atoms with Crippen molar-refractivity contribution in [1.82, 2.24) is 9.55 Å². The Morgan fingerprint density at radius 3 is 2.93 bits per heavy atom. The van der Waals surface area contributed by atoms with Crippen molar-refractivity contribution in [3.05, 3.63) is 16.7 Å². The minimum atomic E-state index is -0.282. The number of nitrogens with one attached hydrogen (secondary N) is 1. The number of amides is 1. The number of rotatable bonds is 6. The Morgan fingerprint density at radius 2 is 2.33 bits per heavy atom. The summed E-state index contributed by atoms with van der Waals surface area (Å²) in [5.41, 5.74) is 5.79. The first-order valence-electron chi connectivity index (χ1n) is 4.81. The van der Waals surface area contributed by atoms with E-state index in [1.54, 1.807) is 6.20 Å². The normalized spacial score (nSPS) is 10.5. The fourth-order valence-corrected chi connectivity index (χ4v) is 1.64. The smallest absolute Gasteiger partial charge is 0.217 e. The summed E-state index contributed by atoms with van der Waals surface area (Å²) in [6.07, 6.45) is 3.65. The molecule has 0 saturated heterocycles. The highest BCUT2D eigenvalue weighted by molar-refractivity contribution is 7.71. The number of hydrogen-bond donors (Lipinski definition) is 3. The van der Waals surface area contributed by atoms with E-state index in [4.69, 9.17) is 23.1 Å². The summed E-state index contributed by atoms with van der Waals surface area (Å²) >= 11 is 5.04. The summed E-state index contributed by atoms with van der Waals surface area (Å²) < 4.78 is 2.43. The largest absolute Gasteiger partial charge is 0.390 e. The third-order valence-electron chi connectivity index (χ3n) is 2.17. The van der Waals surface area contributed by atoms with Gasteiger partial charge in [-0.2, -0.15) is 0 Å². The van der Waals surface area contributed by atoms with Gasteiger partial charge in [-0.1, -0.05) is 0 Å². The number of aromatic amines is 1. The molecule has 0 aliphatic heterocycles. The number of primary amides is 1. The van der Waals surface area contributed by atoms with Gasteiger partial charge in [0.1, 0.15) is 0 Å². The minimum Gasteiger partial charge on any atom is -0.390 e. The van der Waals surface area contributed by atoms with Gasteiger partial charge in [-0.05, 0) is 25.1 Å². The molecular formula is C9H15N3O2S. The molecule has 0 fully saturated rings. The molecule has 0 aliphatic rings. The van der Waals surface area contributed by atoms with E-state index in [2.05, 4.69) is 4.98 Å². The summed E-state index contributed by atoms with van der Waals surface area (Å²) in [5.74, 6) is -0.282. The van der Waals surface area contributed by atoms with Crippen molar-refractivity contribution < 1.29 is 9.90 Å². The van der Waals surface area contributed by atoms with Crippen molar-refractivity contribution in [3.8, 4) is 0 Å². The Hall–Kier alpha value is -1.14. The molecule has 0 aliphatic carbocycles. The van der Waals surface area contributed by atoms with E-state index in [-0.39, 0.29) is 12.5 Å². The molecule has 0 aromatic carbocycles. The van der Waals surface area contributed by atoms with Gasteiger partial charge in [-0.25, -0.2) is 0 Å². The van der Waals surface area contributed by atoms with Crippen molar-refractivity contribution in [1.29, 1.82) is 0 Å². The third kappa shape index (κ3) is 3.49. The van der Waals surface area contributed by atoms with Gasteiger partial charge < -0.3 is 20.4 Å². The molecule has 1 heterocycles. The molecule has 1 rings (SSSR count). The summed E-state index contributed by atoms with van der Waals surface area (Å²) in [6.45, 7) is 0.661. The second kappa shape index (κ2) is 5.67. The van der Waals surface area contributed by atoms with Crippen molar-refractivity contribution >= 4 is 18.1 Å². The molecule has 0 bridgehead atoms. The fourth-order valence-electron chi connectivity index (χ4n) is 1.38. The van der Waals surface area contributed by atoms with Crippen LogP contribution in [0.25, 0.3) is 0 Å². The lowest BCUT2D eigenvalue weighted by Crippen LogP contribution is -2.10. The fraction of sp³-hybridized carbons (Fsp3) is 0.556. The molecule has 6 heteroatoms. The molecule has 84 valence electrons. The standard InChI is InChI=1S/C9H15N3O2S/c10-8(14)3-1-2-4-12-7(6-13)5-11-9(12)15/h5,13H,1-4,6H2,(H2,10,14)(H,11,15). The zero-order valence-electron chi connectivity index (χ0n) is 8.40. The number of carbonyl (C=O) groups is 1. The lowest BCUT2D eigenvalue weighted by Gasteiger charge is -2.05. The second-order valence-electron chi connectivity index (χ2n) is 3.32. The van der Waals surface area contributed by atoms with Gasteiger partial charge in [0, 0.05) is 19.2 Å². The number of hydrogen-bond acceptors (Lipinski definition) is 3. The molecule has 0 saturated carbocycles. The Kier molecular flexibility index (Phi) is 4.51. The molecule has 5 nitrogen and oxygen atoms in total. The van der Waals surface area contributed by atoms with Gasteiger partial charge in [-0.3, -0.25) is 4.79 Å². The molecule has 4 N–H and O–H groups in total. The van der Waals surface area contributed by atoms with E-state index in [1.165, 1.54) is 0 Å². The highest BCUT2D eigenvalue weighted by atomic mass is 32.1. The summed E-state index contributed by atoms with van der Waals surface area (Å²) in [7, 11) is 0. The van der Waals surface area contributed by atoms with E-state index in [9.17, 15) is 4.79 Å². The molecule has 1 aromatic rings. The molecule has 0 unspecified atom stereocenters. The molecule has 15 heavy (non-hydrogen) atoms. The number of aromatic nitrogens is 2. The molecule has 0 spiro atoms. The first kappa shape index (κ1) is 11.9. The molecule has 1 aromatic heterocycles. The predicted molar refractivity (Wildman–Crippen MR) is 58.6 cm³/mol. The van der Waals surface area contributed by atoms with E-state index < -0.39 is 0 Å². The molecule has 1 amide bonds. The Bertz CT molecular complexity index is 383. The maximum Gasteiger partial charge on any atom is 0.217 e. The van der Waals surface area contributed by atoms with Crippen molar-refractivity contribution in [3.63, 3.8) is 0 Å². The van der Waals surface area contributed by atoms with Crippen LogP contribution in [0, 0.1) is 4.77 Å². The van der Waals surface area contributed by atoms with Gasteiger partial charge in [0.25, 0.3) is 0 Å². The quantitative estimate of drug-likeness (QED) is 0.496. The Balaban J connectivity index is 2.46. The highest BCUT2D eigenvalue weighted by Crippen LogP contribution is 2.05. The van der Waals surface area contributed by atoms with Gasteiger partial charge in [0.2, 0.25) is 5.91 Å². The van der Waals surface area contributed by atoms with Crippen LogP contribution in [-0.2, 0) is 17.9 Å². The number of aliphatic hydroxyl groups excluding tert-OH is 1. The number of nitrogens with zero attached hydrogens (tertiary/aromatic N) is 1. The van der Waals surface area contributed by atoms with Crippen LogP contribution in [0.3, 0.4) is 0 Å². The summed E-state index contributed by atoms with van der Waals surface area (Å²) in [5, 5.41) is 9.02. The SMILES string of the molecule is NC(=O)CCCCn1c(CO)c[nH]c1=S. The van der Waals surface area contributed by atoms with Crippen LogP contribution in [-0.4, -0.2) is 20.6 Å². The highest BCUT2D eigenvalue weighted by Gasteiger charge is 2.02. The lowest BCUT2D eigenvalue weighted by atomic mass is 10.2.